The van der Waals surface area contributed by atoms with Crippen LogP contribution in [0, 0.1) is 5.82 Å². The number of halogens is 2. The second-order valence-corrected chi connectivity index (χ2v) is 5.78. The summed E-state index contributed by atoms with van der Waals surface area (Å²) in [6.07, 6.45) is 3.86. The highest BCUT2D eigenvalue weighted by Gasteiger charge is 2.16. The Morgan fingerprint density at radius 2 is 2.32 bits per heavy atom. The highest BCUT2D eigenvalue weighted by atomic mass is 79.9. The van der Waals surface area contributed by atoms with E-state index in [2.05, 4.69) is 26.6 Å². The van der Waals surface area contributed by atoms with Crippen molar-refractivity contribution in [3.63, 3.8) is 0 Å². The van der Waals surface area contributed by atoms with Gasteiger partial charge in [0.15, 0.2) is 0 Å². The minimum absolute atomic E-state index is 0.0289. The Kier molecular flexibility index (Phi) is 5.34. The SMILES string of the molecule is O=C(CC1CCCCN1)NCc1cc(Br)ccc1F. The second-order valence-electron chi connectivity index (χ2n) is 4.86. The number of rotatable bonds is 4. The van der Waals surface area contributed by atoms with Gasteiger partial charge in [-0.05, 0) is 37.6 Å². The average Bonchev–Trinajstić information content (AvgIpc) is 2.41. The number of hydrogen-bond acceptors (Lipinski definition) is 2. The smallest absolute Gasteiger partial charge is 0.221 e. The summed E-state index contributed by atoms with van der Waals surface area (Å²) >= 11 is 3.29. The third-order valence-electron chi connectivity index (χ3n) is 3.33. The molecule has 1 aliphatic rings. The van der Waals surface area contributed by atoms with Crippen molar-refractivity contribution < 1.29 is 9.18 Å². The monoisotopic (exact) mass is 328 g/mol. The molecule has 1 saturated heterocycles. The van der Waals surface area contributed by atoms with Crippen LogP contribution in [0.5, 0.6) is 0 Å². The molecule has 1 unspecified atom stereocenters. The Labute approximate surface area is 121 Å². The van der Waals surface area contributed by atoms with Crippen molar-refractivity contribution in [2.45, 2.75) is 38.3 Å². The summed E-state index contributed by atoms with van der Waals surface area (Å²) in [5, 5.41) is 6.10. The molecule has 0 bridgehead atoms. The van der Waals surface area contributed by atoms with E-state index in [9.17, 15) is 9.18 Å². The molecule has 1 heterocycles. The number of nitrogens with one attached hydrogen (secondary N) is 2. The van der Waals surface area contributed by atoms with E-state index in [0.717, 1.165) is 17.4 Å². The second kappa shape index (κ2) is 7.01. The van der Waals surface area contributed by atoms with Crippen molar-refractivity contribution >= 4 is 21.8 Å². The molecule has 3 nitrogen and oxygen atoms in total. The number of amides is 1. The van der Waals surface area contributed by atoms with Crippen molar-refractivity contribution in [1.29, 1.82) is 0 Å². The largest absolute Gasteiger partial charge is 0.352 e. The van der Waals surface area contributed by atoms with Crippen LogP contribution in [0.25, 0.3) is 0 Å². The van der Waals surface area contributed by atoms with Crippen LogP contribution in [0.4, 0.5) is 4.39 Å². The molecule has 5 heteroatoms. The van der Waals surface area contributed by atoms with Crippen molar-refractivity contribution in [2.24, 2.45) is 0 Å². The molecule has 2 N–H and O–H groups in total. The molecule has 1 aliphatic heterocycles. The predicted octanol–water partition coefficient (Wildman–Crippen LogP) is 2.74. The molecule has 0 aromatic heterocycles. The van der Waals surface area contributed by atoms with E-state index >= 15 is 0 Å². The molecule has 0 spiro atoms. The maximum atomic E-state index is 13.5. The molecule has 0 radical (unpaired) electrons. The standard InChI is InChI=1S/C14H18BrFN2O/c15-11-4-5-13(16)10(7-11)9-18-14(19)8-12-3-1-2-6-17-12/h4-5,7,12,17H,1-3,6,8-9H2,(H,18,19). The van der Waals surface area contributed by atoms with Gasteiger partial charge in [-0.25, -0.2) is 4.39 Å². The average molecular weight is 329 g/mol. The zero-order valence-electron chi connectivity index (χ0n) is 10.7. The Morgan fingerprint density at radius 1 is 1.47 bits per heavy atom. The minimum atomic E-state index is -0.292. The van der Waals surface area contributed by atoms with Crippen molar-refractivity contribution in [1.82, 2.24) is 10.6 Å². The zero-order valence-corrected chi connectivity index (χ0v) is 12.3. The Balaban J connectivity index is 1.81. The van der Waals surface area contributed by atoms with Gasteiger partial charge in [0.25, 0.3) is 0 Å². The van der Waals surface area contributed by atoms with Crippen molar-refractivity contribution in [3.05, 3.63) is 34.1 Å². The highest BCUT2D eigenvalue weighted by molar-refractivity contribution is 9.10. The van der Waals surface area contributed by atoms with Gasteiger partial charge in [-0.3, -0.25) is 4.79 Å². The number of piperidine rings is 1. The normalized spacial score (nSPS) is 19.2. The van der Waals surface area contributed by atoms with E-state index in [1.165, 1.54) is 18.9 Å². The van der Waals surface area contributed by atoms with Crippen LogP contribution in [-0.2, 0) is 11.3 Å². The maximum absolute atomic E-state index is 13.5. The number of benzene rings is 1. The molecule has 2 rings (SSSR count). The molecule has 0 aliphatic carbocycles. The van der Waals surface area contributed by atoms with Crippen LogP contribution >= 0.6 is 15.9 Å². The number of carbonyl (C=O) groups excluding carboxylic acids is 1. The first-order valence-electron chi connectivity index (χ1n) is 6.59. The van der Waals surface area contributed by atoms with Gasteiger partial charge in [0.05, 0.1) is 0 Å². The van der Waals surface area contributed by atoms with E-state index < -0.39 is 0 Å². The van der Waals surface area contributed by atoms with Crippen LogP contribution in [0.1, 0.15) is 31.2 Å². The Morgan fingerprint density at radius 3 is 3.05 bits per heavy atom. The van der Waals surface area contributed by atoms with E-state index in [4.69, 9.17) is 0 Å². The highest BCUT2D eigenvalue weighted by Crippen LogP contribution is 2.15. The molecular formula is C14H18BrFN2O. The number of hydrogen-bond donors (Lipinski definition) is 2. The van der Waals surface area contributed by atoms with Crippen molar-refractivity contribution in [3.8, 4) is 0 Å². The lowest BCUT2D eigenvalue weighted by atomic mass is 10.0. The summed E-state index contributed by atoms with van der Waals surface area (Å²) < 4.78 is 14.3. The first kappa shape index (κ1) is 14.5. The van der Waals surface area contributed by atoms with Gasteiger partial charge in [0, 0.05) is 29.0 Å². The lowest BCUT2D eigenvalue weighted by Crippen LogP contribution is -2.38. The summed E-state index contributed by atoms with van der Waals surface area (Å²) in [7, 11) is 0. The molecule has 1 amide bonds. The summed E-state index contributed by atoms with van der Waals surface area (Å²) in [6.45, 7) is 1.22. The quantitative estimate of drug-likeness (QED) is 0.892. The molecule has 1 aromatic carbocycles. The zero-order chi connectivity index (χ0) is 13.7. The van der Waals surface area contributed by atoms with Gasteiger partial charge in [-0.1, -0.05) is 22.4 Å². The lowest BCUT2D eigenvalue weighted by molar-refractivity contribution is -0.121. The van der Waals surface area contributed by atoms with Gasteiger partial charge in [0.2, 0.25) is 5.91 Å². The predicted molar refractivity (Wildman–Crippen MR) is 76.2 cm³/mol. The van der Waals surface area contributed by atoms with Gasteiger partial charge >= 0.3 is 0 Å². The molecule has 1 atom stereocenters. The topological polar surface area (TPSA) is 41.1 Å². The summed E-state index contributed by atoms with van der Waals surface area (Å²) in [5.41, 5.74) is 0.499. The third kappa shape index (κ3) is 4.58. The summed E-state index contributed by atoms with van der Waals surface area (Å²) in [5.74, 6) is -0.321. The van der Waals surface area contributed by atoms with E-state index in [1.807, 2.05) is 0 Å². The van der Waals surface area contributed by atoms with E-state index in [-0.39, 0.29) is 24.3 Å². The summed E-state index contributed by atoms with van der Waals surface area (Å²) in [6, 6.07) is 5.00. The number of carbonyl (C=O) groups is 1. The molecule has 1 fully saturated rings. The Hall–Kier alpha value is -0.940. The fourth-order valence-corrected chi connectivity index (χ4v) is 2.68. The van der Waals surface area contributed by atoms with E-state index in [0.29, 0.717) is 12.0 Å². The van der Waals surface area contributed by atoms with Crippen molar-refractivity contribution in [2.75, 3.05) is 6.54 Å². The van der Waals surface area contributed by atoms with Gasteiger partial charge in [-0.15, -0.1) is 0 Å². The van der Waals surface area contributed by atoms with Crippen LogP contribution in [0.15, 0.2) is 22.7 Å². The Bertz CT molecular complexity index is 447. The van der Waals surface area contributed by atoms with Crippen LogP contribution < -0.4 is 10.6 Å². The van der Waals surface area contributed by atoms with Gasteiger partial charge in [0.1, 0.15) is 5.82 Å². The van der Waals surface area contributed by atoms with Gasteiger partial charge < -0.3 is 10.6 Å². The van der Waals surface area contributed by atoms with Crippen LogP contribution in [0.2, 0.25) is 0 Å². The van der Waals surface area contributed by atoms with Crippen LogP contribution in [-0.4, -0.2) is 18.5 Å². The maximum Gasteiger partial charge on any atom is 0.221 e. The van der Waals surface area contributed by atoms with E-state index in [1.54, 1.807) is 12.1 Å². The fourth-order valence-electron chi connectivity index (χ4n) is 2.27. The third-order valence-corrected chi connectivity index (χ3v) is 3.82. The lowest BCUT2D eigenvalue weighted by Gasteiger charge is -2.22. The molecular weight excluding hydrogens is 311 g/mol. The van der Waals surface area contributed by atoms with Crippen LogP contribution in [0.3, 0.4) is 0 Å². The first-order chi connectivity index (χ1) is 9.15. The first-order valence-corrected chi connectivity index (χ1v) is 7.38. The molecule has 1 aromatic rings. The molecule has 0 saturated carbocycles. The summed E-state index contributed by atoms with van der Waals surface area (Å²) in [4.78, 5) is 11.8. The minimum Gasteiger partial charge on any atom is -0.352 e. The van der Waals surface area contributed by atoms with Gasteiger partial charge in [-0.2, -0.15) is 0 Å². The fraction of sp³-hybridized carbons (Fsp3) is 0.500. The molecule has 104 valence electrons. The molecule has 19 heavy (non-hydrogen) atoms.